The third-order valence-electron chi connectivity index (χ3n) is 7.90. The van der Waals surface area contributed by atoms with Gasteiger partial charge in [0.25, 0.3) is 0 Å². The van der Waals surface area contributed by atoms with Crippen molar-refractivity contribution < 1.29 is 76.3 Å². The number of carbonyl (C=O) groups is 8. The van der Waals surface area contributed by atoms with Gasteiger partial charge in [-0.15, -0.1) is 0 Å². The lowest BCUT2D eigenvalue weighted by Crippen LogP contribution is -2.44. The molecule has 0 aromatic carbocycles. The van der Waals surface area contributed by atoms with Gasteiger partial charge in [0.2, 0.25) is 0 Å². The monoisotopic (exact) mass is 808 g/mol. The number of esters is 8. The van der Waals surface area contributed by atoms with Crippen LogP contribution in [-0.4, -0.2) is 101 Å². The van der Waals surface area contributed by atoms with Gasteiger partial charge in [0.1, 0.15) is 31.8 Å². The van der Waals surface area contributed by atoms with Crippen molar-refractivity contribution in [2.24, 2.45) is 5.41 Å². The molecule has 0 atom stereocenters. The van der Waals surface area contributed by atoms with E-state index in [1.807, 2.05) is 0 Å². The second-order valence-electron chi connectivity index (χ2n) is 12.9. The van der Waals surface area contributed by atoms with Crippen molar-refractivity contribution in [3.63, 3.8) is 0 Å². The zero-order valence-electron chi connectivity index (χ0n) is 33.1. The minimum absolute atomic E-state index is 0.0111. The molecule has 0 aliphatic rings. The molecule has 320 valence electrons. The van der Waals surface area contributed by atoms with E-state index < -0.39 is 79.6 Å². The minimum Gasteiger partial charge on any atom is -0.465 e. The molecule has 0 bridgehead atoms. The topological polar surface area (TPSA) is 210 Å². The van der Waals surface area contributed by atoms with Crippen LogP contribution in [0.5, 0.6) is 0 Å². The molecule has 0 N–H and O–H groups in total. The van der Waals surface area contributed by atoms with Gasteiger partial charge >= 0.3 is 47.8 Å². The fourth-order valence-corrected chi connectivity index (χ4v) is 4.59. The smallest absolute Gasteiger partial charge is 0.330 e. The molecule has 16 nitrogen and oxygen atoms in total. The van der Waals surface area contributed by atoms with Crippen LogP contribution >= 0.6 is 0 Å². The van der Waals surface area contributed by atoms with Crippen molar-refractivity contribution in [2.45, 2.75) is 103 Å². The summed E-state index contributed by atoms with van der Waals surface area (Å²) >= 11 is 0. The zero-order chi connectivity index (χ0) is 42.6. The van der Waals surface area contributed by atoms with Crippen molar-refractivity contribution in [3.8, 4) is 0 Å². The van der Waals surface area contributed by atoms with E-state index in [4.69, 9.17) is 37.9 Å². The molecule has 0 aromatic rings. The lowest BCUT2D eigenvalue weighted by molar-refractivity contribution is -0.171. The number of carbonyl (C=O) groups excluding carboxylic acids is 8. The van der Waals surface area contributed by atoms with Gasteiger partial charge < -0.3 is 37.9 Å². The summed E-state index contributed by atoms with van der Waals surface area (Å²) in [6.07, 6.45) is 10.2. The molecule has 0 saturated carbocycles. The van der Waals surface area contributed by atoms with E-state index >= 15 is 0 Å². The molecule has 0 saturated heterocycles. The first-order valence-electron chi connectivity index (χ1n) is 19.2. The van der Waals surface area contributed by atoms with Crippen LogP contribution in [0, 0.1) is 5.41 Å². The summed E-state index contributed by atoms with van der Waals surface area (Å²) in [4.78, 5) is 96.1. The maximum atomic E-state index is 12.8. The molecule has 57 heavy (non-hydrogen) atoms. The van der Waals surface area contributed by atoms with E-state index in [9.17, 15) is 38.4 Å². The van der Waals surface area contributed by atoms with Crippen LogP contribution in [-0.2, 0) is 76.3 Å². The van der Waals surface area contributed by atoms with Crippen LogP contribution in [0.1, 0.15) is 103 Å². The highest BCUT2D eigenvalue weighted by atomic mass is 16.6. The average Bonchev–Trinajstić information content (AvgIpc) is 3.21. The summed E-state index contributed by atoms with van der Waals surface area (Å²) in [5, 5.41) is 0. The standard InChI is InChI=1S/C41H60O16/c1-5-33(42)50-25-17-9-13-21-37(46)54-29-41(30-55-38(47)22-14-10-18-26-51-34(43)6-2,31-56-39(48)23-15-11-19-27-52-35(44)7-3)32-57-40(49)24-16-12-20-28-53-36(45)8-4/h5-8H,1-4,9-32H2. The van der Waals surface area contributed by atoms with Crippen LogP contribution in [0.25, 0.3) is 0 Å². The Morgan fingerprint density at radius 2 is 0.526 bits per heavy atom. The van der Waals surface area contributed by atoms with E-state index in [0.29, 0.717) is 77.0 Å². The number of hydrogen-bond donors (Lipinski definition) is 0. The normalized spacial score (nSPS) is 10.5. The first kappa shape index (κ1) is 51.7. The summed E-state index contributed by atoms with van der Waals surface area (Å²) in [5.41, 5.74) is -1.47. The van der Waals surface area contributed by atoms with Crippen molar-refractivity contribution in [1.29, 1.82) is 0 Å². The van der Waals surface area contributed by atoms with Crippen molar-refractivity contribution >= 4 is 47.8 Å². The summed E-state index contributed by atoms with van der Waals surface area (Å²) in [7, 11) is 0. The molecule has 0 aromatic heterocycles. The molecule has 0 spiro atoms. The molecule has 0 heterocycles. The summed E-state index contributed by atoms with van der Waals surface area (Å²) in [5.74, 6) is -4.57. The van der Waals surface area contributed by atoms with Gasteiger partial charge in [-0.1, -0.05) is 26.3 Å². The largest absolute Gasteiger partial charge is 0.465 e. The number of unbranched alkanes of at least 4 members (excludes halogenated alkanes) is 8. The summed E-state index contributed by atoms with van der Waals surface area (Å²) in [6.45, 7) is 12.3. The Morgan fingerprint density at radius 3 is 0.719 bits per heavy atom. The van der Waals surface area contributed by atoms with E-state index in [1.165, 1.54) is 0 Å². The maximum Gasteiger partial charge on any atom is 0.330 e. The number of ether oxygens (including phenoxy) is 8. The van der Waals surface area contributed by atoms with Crippen LogP contribution in [0.3, 0.4) is 0 Å². The Kier molecular flexibility index (Phi) is 30.9. The summed E-state index contributed by atoms with van der Waals surface area (Å²) < 4.78 is 42.0. The van der Waals surface area contributed by atoms with Gasteiger partial charge in [-0.2, -0.15) is 0 Å². The summed E-state index contributed by atoms with van der Waals surface area (Å²) in [6, 6.07) is 0. The highest BCUT2D eigenvalue weighted by Gasteiger charge is 2.38. The lowest BCUT2D eigenvalue weighted by Gasteiger charge is -2.31. The Labute approximate surface area is 335 Å². The molecule has 0 aliphatic carbocycles. The Hall–Kier alpha value is -5.28. The fraction of sp³-hybridized carbons (Fsp3) is 0.610. The lowest BCUT2D eigenvalue weighted by atomic mass is 9.92. The van der Waals surface area contributed by atoms with Crippen LogP contribution in [0.4, 0.5) is 0 Å². The quantitative estimate of drug-likeness (QED) is 0.0340. The first-order chi connectivity index (χ1) is 27.4. The highest BCUT2D eigenvalue weighted by Crippen LogP contribution is 2.23. The predicted molar refractivity (Wildman–Crippen MR) is 205 cm³/mol. The number of rotatable bonds is 36. The van der Waals surface area contributed by atoms with Crippen molar-refractivity contribution in [3.05, 3.63) is 50.6 Å². The molecule has 0 rings (SSSR count). The second kappa shape index (κ2) is 34.0. The van der Waals surface area contributed by atoms with Crippen molar-refractivity contribution in [1.82, 2.24) is 0 Å². The zero-order valence-corrected chi connectivity index (χ0v) is 33.1. The van der Waals surface area contributed by atoms with Crippen LogP contribution in [0.15, 0.2) is 50.6 Å². The molecule has 0 radical (unpaired) electrons. The SMILES string of the molecule is C=CC(=O)OCCCCCC(=O)OCC(COC(=O)CCCCCOC(=O)C=C)(COC(=O)CCCCCOC(=O)C=C)COC(=O)CCCCCOC(=O)C=C. The molecule has 0 fully saturated rings. The molecular weight excluding hydrogens is 748 g/mol. The van der Waals surface area contributed by atoms with Gasteiger partial charge in [-0.25, -0.2) is 19.2 Å². The van der Waals surface area contributed by atoms with E-state index in [-0.39, 0.29) is 52.1 Å². The number of hydrogen-bond acceptors (Lipinski definition) is 16. The molecule has 0 amide bonds. The highest BCUT2D eigenvalue weighted by molar-refractivity contribution is 5.82. The minimum atomic E-state index is -1.47. The third-order valence-corrected chi connectivity index (χ3v) is 7.90. The van der Waals surface area contributed by atoms with E-state index in [0.717, 1.165) is 24.3 Å². The van der Waals surface area contributed by atoms with E-state index in [1.54, 1.807) is 0 Å². The predicted octanol–water partition coefficient (Wildman–Crippen LogP) is 5.30. The van der Waals surface area contributed by atoms with Gasteiger partial charge in [-0.05, 0) is 77.0 Å². The molecule has 0 aliphatic heterocycles. The van der Waals surface area contributed by atoms with Crippen LogP contribution in [0.2, 0.25) is 0 Å². The average molecular weight is 809 g/mol. The van der Waals surface area contributed by atoms with E-state index in [2.05, 4.69) is 26.3 Å². The van der Waals surface area contributed by atoms with Gasteiger partial charge in [0.15, 0.2) is 0 Å². The third kappa shape index (κ3) is 30.6. The van der Waals surface area contributed by atoms with Gasteiger partial charge in [0.05, 0.1) is 26.4 Å². The second-order valence-corrected chi connectivity index (χ2v) is 12.9. The van der Waals surface area contributed by atoms with Gasteiger partial charge in [-0.3, -0.25) is 19.2 Å². The molecule has 16 heteroatoms. The first-order valence-corrected chi connectivity index (χ1v) is 19.2. The fourth-order valence-electron chi connectivity index (χ4n) is 4.59. The van der Waals surface area contributed by atoms with Crippen LogP contribution < -0.4 is 0 Å². The molecular formula is C41H60O16. The molecule has 0 unspecified atom stereocenters. The Bertz CT molecular complexity index is 1110. The Morgan fingerprint density at radius 1 is 0.316 bits per heavy atom. The maximum absolute atomic E-state index is 12.8. The Balaban J connectivity index is 5.62. The van der Waals surface area contributed by atoms with Gasteiger partial charge in [0, 0.05) is 50.0 Å². The van der Waals surface area contributed by atoms with Crippen molar-refractivity contribution in [2.75, 3.05) is 52.9 Å².